The van der Waals surface area contributed by atoms with Crippen molar-refractivity contribution in [1.82, 2.24) is 4.90 Å². The van der Waals surface area contributed by atoms with Crippen molar-refractivity contribution in [2.24, 2.45) is 0 Å². The first-order valence-corrected chi connectivity index (χ1v) is 7.79. The molecule has 0 saturated carbocycles. The van der Waals surface area contributed by atoms with E-state index in [1.165, 1.54) is 11.2 Å². The van der Waals surface area contributed by atoms with Crippen molar-refractivity contribution in [1.29, 1.82) is 0 Å². The van der Waals surface area contributed by atoms with Gasteiger partial charge in [-0.25, -0.2) is 0 Å². The van der Waals surface area contributed by atoms with Crippen LogP contribution in [0, 0.1) is 6.92 Å². The first kappa shape index (κ1) is 15.6. The molecule has 0 spiro atoms. The average Bonchev–Trinajstić information content (AvgIpc) is 3.07. The minimum atomic E-state index is -0.556. The predicted molar refractivity (Wildman–Crippen MR) is 87.7 cm³/mol. The van der Waals surface area contributed by atoms with Gasteiger partial charge in [-0.15, -0.1) is 0 Å². The molecule has 2 aromatic rings. The molecule has 0 bridgehead atoms. The third kappa shape index (κ3) is 2.72. The van der Waals surface area contributed by atoms with Crippen LogP contribution in [0.1, 0.15) is 23.0 Å². The van der Waals surface area contributed by atoms with E-state index in [9.17, 15) is 9.59 Å². The van der Waals surface area contributed by atoms with Gasteiger partial charge in [-0.05, 0) is 43.7 Å². The van der Waals surface area contributed by atoms with E-state index >= 15 is 0 Å². The molecule has 0 N–H and O–H groups in total. The molecule has 1 saturated heterocycles. The van der Waals surface area contributed by atoms with Crippen LogP contribution in [0.15, 0.2) is 41.0 Å². The van der Waals surface area contributed by atoms with Crippen LogP contribution in [-0.2, 0) is 4.79 Å². The lowest BCUT2D eigenvalue weighted by Crippen LogP contribution is -2.57. The summed E-state index contributed by atoms with van der Waals surface area (Å²) in [4.78, 5) is 28.4. The molecule has 1 fully saturated rings. The largest absolute Gasteiger partial charge is 0.459 e. The van der Waals surface area contributed by atoms with Crippen LogP contribution < -0.4 is 4.90 Å². The second-order valence-electron chi connectivity index (χ2n) is 5.53. The van der Waals surface area contributed by atoms with Gasteiger partial charge in [0, 0.05) is 23.8 Å². The first-order chi connectivity index (χ1) is 11.0. The van der Waals surface area contributed by atoms with Gasteiger partial charge in [0.25, 0.3) is 5.91 Å². The van der Waals surface area contributed by atoms with Crippen LogP contribution in [-0.4, -0.2) is 35.8 Å². The van der Waals surface area contributed by atoms with Crippen molar-refractivity contribution in [3.05, 3.63) is 52.9 Å². The minimum Gasteiger partial charge on any atom is -0.459 e. The molecule has 1 aliphatic heterocycles. The zero-order valence-electron chi connectivity index (χ0n) is 13.0. The molecular formula is C17H17ClN2O3. The van der Waals surface area contributed by atoms with E-state index in [-0.39, 0.29) is 17.6 Å². The summed E-state index contributed by atoms with van der Waals surface area (Å²) < 4.78 is 5.14. The molecule has 1 aromatic carbocycles. The van der Waals surface area contributed by atoms with Crippen molar-refractivity contribution < 1.29 is 14.0 Å². The molecule has 0 unspecified atom stereocenters. The SMILES string of the molecule is Cc1c(Cl)cccc1N1CCN(C(=O)c2ccco2)[C@@H](C)C1=O. The molecule has 5 nitrogen and oxygen atoms in total. The summed E-state index contributed by atoms with van der Waals surface area (Å²) in [5.74, 6) is -0.142. The maximum absolute atomic E-state index is 12.7. The Labute approximate surface area is 139 Å². The topological polar surface area (TPSA) is 53.8 Å². The molecule has 120 valence electrons. The summed E-state index contributed by atoms with van der Waals surface area (Å²) in [5.41, 5.74) is 1.65. The molecule has 2 heterocycles. The zero-order valence-corrected chi connectivity index (χ0v) is 13.7. The number of halogens is 1. The Balaban J connectivity index is 1.84. The Bertz CT molecular complexity index is 742. The number of hydrogen-bond acceptors (Lipinski definition) is 3. The highest BCUT2D eigenvalue weighted by molar-refractivity contribution is 6.31. The molecule has 0 radical (unpaired) electrons. The summed E-state index contributed by atoms with van der Waals surface area (Å²) in [6, 6.07) is 8.20. The molecule has 1 aliphatic rings. The highest BCUT2D eigenvalue weighted by Crippen LogP contribution is 2.29. The molecular weight excluding hydrogens is 316 g/mol. The number of furan rings is 1. The van der Waals surface area contributed by atoms with Crippen LogP contribution in [0.3, 0.4) is 0 Å². The van der Waals surface area contributed by atoms with Gasteiger partial charge in [-0.2, -0.15) is 0 Å². The quantitative estimate of drug-likeness (QED) is 0.849. The fraction of sp³-hybridized carbons (Fsp3) is 0.294. The number of amides is 2. The maximum atomic E-state index is 12.7. The molecule has 1 atom stereocenters. The summed E-state index contributed by atoms with van der Waals surface area (Å²) >= 11 is 6.15. The van der Waals surface area contributed by atoms with E-state index in [1.807, 2.05) is 19.1 Å². The Morgan fingerprint density at radius 2 is 2.04 bits per heavy atom. The Hall–Kier alpha value is -2.27. The van der Waals surface area contributed by atoms with Gasteiger partial charge in [-0.3, -0.25) is 9.59 Å². The third-order valence-electron chi connectivity index (χ3n) is 4.18. The van der Waals surface area contributed by atoms with Gasteiger partial charge in [0.15, 0.2) is 5.76 Å². The van der Waals surface area contributed by atoms with Crippen molar-refractivity contribution in [2.45, 2.75) is 19.9 Å². The molecule has 2 amide bonds. The standard InChI is InChI=1S/C17H17ClN2O3/c1-11-13(18)5-3-6-14(11)20-9-8-19(12(2)16(20)21)17(22)15-7-4-10-23-15/h3-7,10,12H,8-9H2,1-2H3/t12-/m0/s1. The number of anilines is 1. The lowest BCUT2D eigenvalue weighted by Gasteiger charge is -2.39. The Morgan fingerprint density at radius 1 is 1.26 bits per heavy atom. The van der Waals surface area contributed by atoms with Gasteiger partial charge in [-0.1, -0.05) is 17.7 Å². The van der Waals surface area contributed by atoms with Gasteiger partial charge in [0.1, 0.15) is 6.04 Å². The van der Waals surface area contributed by atoms with E-state index in [0.29, 0.717) is 18.1 Å². The average molecular weight is 333 g/mol. The summed E-state index contributed by atoms with van der Waals surface area (Å²) in [6.07, 6.45) is 1.45. The Kier molecular flexibility index (Phi) is 4.13. The lowest BCUT2D eigenvalue weighted by atomic mass is 10.1. The van der Waals surface area contributed by atoms with E-state index in [1.54, 1.807) is 30.0 Å². The zero-order chi connectivity index (χ0) is 16.6. The monoisotopic (exact) mass is 332 g/mol. The van der Waals surface area contributed by atoms with Crippen molar-refractivity contribution in [2.75, 3.05) is 18.0 Å². The van der Waals surface area contributed by atoms with Crippen LogP contribution >= 0.6 is 11.6 Å². The molecule has 1 aromatic heterocycles. The van der Waals surface area contributed by atoms with Crippen molar-refractivity contribution in [3.63, 3.8) is 0 Å². The van der Waals surface area contributed by atoms with Crippen LogP contribution in [0.5, 0.6) is 0 Å². The first-order valence-electron chi connectivity index (χ1n) is 7.41. The summed E-state index contributed by atoms with van der Waals surface area (Å²) in [6.45, 7) is 4.49. The minimum absolute atomic E-state index is 0.124. The smallest absolute Gasteiger partial charge is 0.290 e. The summed E-state index contributed by atoms with van der Waals surface area (Å²) in [5, 5.41) is 0.622. The highest BCUT2D eigenvalue weighted by atomic mass is 35.5. The van der Waals surface area contributed by atoms with Crippen molar-refractivity contribution >= 4 is 29.1 Å². The Morgan fingerprint density at radius 3 is 2.74 bits per heavy atom. The van der Waals surface area contributed by atoms with Crippen LogP contribution in [0.4, 0.5) is 5.69 Å². The van der Waals surface area contributed by atoms with Gasteiger partial charge in [0.05, 0.1) is 6.26 Å². The number of benzene rings is 1. The van der Waals surface area contributed by atoms with E-state index in [2.05, 4.69) is 0 Å². The van der Waals surface area contributed by atoms with E-state index < -0.39 is 6.04 Å². The van der Waals surface area contributed by atoms with Gasteiger partial charge in [0.2, 0.25) is 5.91 Å². The number of nitrogens with zero attached hydrogens (tertiary/aromatic N) is 2. The molecule has 6 heteroatoms. The van der Waals surface area contributed by atoms with Gasteiger partial charge < -0.3 is 14.2 Å². The van der Waals surface area contributed by atoms with Gasteiger partial charge >= 0.3 is 0 Å². The van der Waals surface area contributed by atoms with Crippen LogP contribution in [0.2, 0.25) is 5.02 Å². The van der Waals surface area contributed by atoms with E-state index in [0.717, 1.165) is 11.3 Å². The number of carbonyl (C=O) groups excluding carboxylic acids is 2. The van der Waals surface area contributed by atoms with Crippen molar-refractivity contribution in [3.8, 4) is 0 Å². The third-order valence-corrected chi connectivity index (χ3v) is 4.59. The molecule has 3 rings (SSSR count). The second kappa shape index (κ2) is 6.08. The van der Waals surface area contributed by atoms with E-state index in [4.69, 9.17) is 16.0 Å². The molecule has 0 aliphatic carbocycles. The number of piperazine rings is 1. The summed E-state index contributed by atoms with van der Waals surface area (Å²) in [7, 11) is 0. The highest BCUT2D eigenvalue weighted by Gasteiger charge is 2.36. The molecule has 23 heavy (non-hydrogen) atoms. The number of rotatable bonds is 2. The maximum Gasteiger partial charge on any atom is 0.290 e. The normalized spacial score (nSPS) is 18.4. The number of hydrogen-bond donors (Lipinski definition) is 0. The van der Waals surface area contributed by atoms with Crippen LogP contribution in [0.25, 0.3) is 0 Å². The number of carbonyl (C=O) groups is 2. The lowest BCUT2D eigenvalue weighted by molar-refractivity contribution is -0.124. The fourth-order valence-electron chi connectivity index (χ4n) is 2.82. The fourth-order valence-corrected chi connectivity index (χ4v) is 2.99. The second-order valence-corrected chi connectivity index (χ2v) is 5.93. The predicted octanol–water partition coefficient (Wildman–Crippen LogP) is 3.12.